The van der Waals surface area contributed by atoms with Crippen molar-refractivity contribution >= 4 is 17.7 Å². The van der Waals surface area contributed by atoms with E-state index in [-0.39, 0.29) is 30.4 Å². The van der Waals surface area contributed by atoms with E-state index in [0.29, 0.717) is 41.7 Å². The van der Waals surface area contributed by atoms with Crippen molar-refractivity contribution in [2.75, 3.05) is 41.5 Å². The molecule has 0 aliphatic rings. The predicted octanol–water partition coefficient (Wildman–Crippen LogP) is 4.24. The number of aromatic nitrogens is 6. The minimum absolute atomic E-state index is 0.189. The molecule has 2 aromatic carbocycles. The molecule has 0 unspecified atom stereocenters. The first-order valence-electron chi connectivity index (χ1n) is 16.3. The molecule has 5 aromatic rings. The van der Waals surface area contributed by atoms with Crippen LogP contribution < -0.4 is 15.2 Å². The number of esters is 2. The van der Waals surface area contributed by atoms with Gasteiger partial charge >= 0.3 is 17.6 Å². The number of hydrogen-bond acceptors (Lipinski definition) is 12. The number of allylic oxidation sites excluding steroid dienone is 1. The Morgan fingerprint density at radius 3 is 1.87 bits per heavy atom. The highest BCUT2D eigenvalue weighted by atomic mass is 16.5. The molecular weight excluding hydrogens is 670 g/mol. The highest BCUT2D eigenvalue weighted by Crippen LogP contribution is 2.20. The second kappa shape index (κ2) is 18.5. The number of hydrogen-bond donors (Lipinski definition) is 1. The minimum atomic E-state index is -0.515. The van der Waals surface area contributed by atoms with Gasteiger partial charge in [0.05, 0.1) is 46.2 Å². The molecule has 0 radical (unpaired) electrons. The fraction of sp³-hybridized carbons (Fsp3) is 0.270. The zero-order valence-electron chi connectivity index (χ0n) is 29.9. The zero-order chi connectivity index (χ0) is 37.6. The lowest BCUT2D eigenvalue weighted by molar-refractivity contribution is 0.0503. The van der Waals surface area contributed by atoms with E-state index >= 15 is 0 Å². The fourth-order valence-electron chi connectivity index (χ4n) is 4.77. The smallest absolute Gasteiger partial charge is 0.356 e. The normalized spacial score (nSPS) is 10.7. The van der Waals surface area contributed by atoms with Gasteiger partial charge in [-0.1, -0.05) is 24.3 Å². The summed E-state index contributed by atoms with van der Waals surface area (Å²) in [4.78, 5) is 56.2. The van der Waals surface area contributed by atoms with Crippen LogP contribution >= 0.6 is 0 Å². The average molecular weight is 712 g/mol. The molecule has 1 N–H and O–H groups in total. The summed E-state index contributed by atoms with van der Waals surface area (Å²) in [6.45, 7) is 4.63. The van der Waals surface area contributed by atoms with Crippen LogP contribution in [0, 0.1) is 0 Å². The predicted molar refractivity (Wildman–Crippen MR) is 192 cm³/mol. The molecule has 0 aliphatic heterocycles. The number of rotatable bonds is 14. The van der Waals surface area contributed by atoms with Crippen molar-refractivity contribution in [1.82, 2.24) is 34.4 Å². The molecule has 0 atom stereocenters. The number of carbonyl (C=O) groups is 3. The standard InChI is InChI=1S/C19H23N3O4.C18H18N4O4/c1-5-26-19(24)17-12-16(18(23)9-10-21(2)3)20-22(17)13-14-7-6-8-15(11-14)25-4;1-3-26-17(23)16-10-15(14-7-8-19-18(24)20-14)21-22(16)11-12-5-4-6-13(9-12)25-2/h6-12H,5,13H2,1-4H3;4-10H,3,11H2,1-2H3,(H,19,20,24)/b10-9+;. The summed E-state index contributed by atoms with van der Waals surface area (Å²) in [5, 5.41) is 8.75. The molecule has 0 saturated carbocycles. The van der Waals surface area contributed by atoms with E-state index in [9.17, 15) is 19.2 Å². The maximum absolute atomic E-state index is 12.3. The van der Waals surface area contributed by atoms with E-state index in [1.807, 2.05) is 62.6 Å². The average Bonchev–Trinajstić information content (AvgIpc) is 3.76. The Kier molecular flexibility index (Phi) is 13.6. The summed E-state index contributed by atoms with van der Waals surface area (Å²) in [7, 11) is 6.81. The summed E-state index contributed by atoms with van der Waals surface area (Å²) in [6.07, 6.45) is 4.43. The first kappa shape index (κ1) is 38.3. The van der Waals surface area contributed by atoms with Crippen molar-refractivity contribution in [2.45, 2.75) is 26.9 Å². The Labute approximate surface area is 300 Å². The molecule has 272 valence electrons. The van der Waals surface area contributed by atoms with Crippen molar-refractivity contribution in [2.24, 2.45) is 0 Å². The third-order valence-electron chi connectivity index (χ3n) is 7.19. The van der Waals surface area contributed by atoms with Gasteiger partial charge in [0.25, 0.3) is 0 Å². The SMILES string of the molecule is CCOC(=O)c1cc(-c2ccnc(=O)[nH]2)nn1Cc1cccc(OC)c1.CCOC(=O)c1cc(C(=O)/C=C/N(C)C)nn1Cc1cccc(OC)c1. The largest absolute Gasteiger partial charge is 0.497 e. The lowest BCUT2D eigenvalue weighted by Crippen LogP contribution is -2.14. The van der Waals surface area contributed by atoms with Gasteiger partial charge in [0.2, 0.25) is 5.78 Å². The van der Waals surface area contributed by atoms with E-state index in [1.165, 1.54) is 23.0 Å². The molecule has 0 fully saturated rings. The second-order valence-corrected chi connectivity index (χ2v) is 11.2. The molecule has 15 nitrogen and oxygen atoms in total. The van der Waals surface area contributed by atoms with Crippen LogP contribution in [0.4, 0.5) is 0 Å². The molecule has 0 aliphatic carbocycles. The number of methoxy groups -OCH3 is 2. The molecule has 0 amide bonds. The third-order valence-corrected chi connectivity index (χ3v) is 7.19. The maximum atomic E-state index is 12.3. The van der Waals surface area contributed by atoms with Gasteiger partial charge in [0, 0.05) is 44.7 Å². The number of ether oxygens (including phenoxy) is 4. The number of carbonyl (C=O) groups excluding carboxylic acids is 3. The van der Waals surface area contributed by atoms with Crippen LogP contribution in [0.2, 0.25) is 0 Å². The number of nitrogens with one attached hydrogen (secondary N) is 1. The summed E-state index contributed by atoms with van der Waals surface area (Å²) in [5.41, 5.74) is 2.96. The van der Waals surface area contributed by atoms with Gasteiger partial charge in [-0.15, -0.1) is 0 Å². The number of nitrogens with zero attached hydrogens (tertiary/aromatic N) is 6. The van der Waals surface area contributed by atoms with Crippen molar-refractivity contribution in [3.8, 4) is 22.9 Å². The number of ketones is 1. The van der Waals surface area contributed by atoms with Crippen molar-refractivity contribution in [3.05, 3.63) is 124 Å². The number of aromatic amines is 1. The van der Waals surface area contributed by atoms with E-state index in [1.54, 1.807) is 56.0 Å². The van der Waals surface area contributed by atoms with Crippen LogP contribution in [0.1, 0.15) is 56.4 Å². The van der Waals surface area contributed by atoms with Crippen LogP contribution in [0.15, 0.2) is 90.0 Å². The molecule has 5 rings (SSSR count). The number of benzene rings is 2. The Bertz CT molecular complexity index is 2080. The molecule has 0 spiro atoms. The van der Waals surface area contributed by atoms with Gasteiger partial charge in [-0.3, -0.25) is 14.2 Å². The van der Waals surface area contributed by atoms with E-state index in [4.69, 9.17) is 18.9 Å². The number of H-pyrrole nitrogens is 1. The Morgan fingerprint density at radius 2 is 1.35 bits per heavy atom. The van der Waals surface area contributed by atoms with Gasteiger partial charge < -0.3 is 28.8 Å². The summed E-state index contributed by atoms with van der Waals surface area (Å²) < 4.78 is 23.7. The first-order chi connectivity index (χ1) is 25.0. The lowest BCUT2D eigenvalue weighted by Gasteiger charge is -2.08. The van der Waals surface area contributed by atoms with E-state index in [2.05, 4.69) is 20.2 Å². The van der Waals surface area contributed by atoms with Crippen LogP contribution in [-0.2, 0) is 22.6 Å². The Balaban J connectivity index is 0.000000233. The summed E-state index contributed by atoms with van der Waals surface area (Å²) in [6, 6.07) is 19.6. The van der Waals surface area contributed by atoms with Gasteiger partial charge in [0.15, 0.2) is 0 Å². The van der Waals surface area contributed by atoms with Gasteiger partial charge in [0.1, 0.15) is 34.3 Å². The van der Waals surface area contributed by atoms with Crippen LogP contribution in [0.3, 0.4) is 0 Å². The molecule has 52 heavy (non-hydrogen) atoms. The monoisotopic (exact) mass is 711 g/mol. The Hall–Kier alpha value is -6.51. The highest BCUT2D eigenvalue weighted by molar-refractivity contribution is 6.04. The maximum Gasteiger partial charge on any atom is 0.356 e. The topological polar surface area (TPSA) is 173 Å². The van der Waals surface area contributed by atoms with E-state index in [0.717, 1.165) is 11.1 Å². The van der Waals surface area contributed by atoms with Gasteiger partial charge in [-0.2, -0.15) is 10.2 Å². The summed E-state index contributed by atoms with van der Waals surface area (Å²) >= 11 is 0. The molecule has 15 heteroatoms. The van der Waals surface area contributed by atoms with Crippen molar-refractivity contribution < 1.29 is 33.3 Å². The van der Waals surface area contributed by atoms with Gasteiger partial charge in [-0.05, 0) is 55.3 Å². The zero-order valence-corrected chi connectivity index (χ0v) is 29.9. The Morgan fingerprint density at radius 1 is 0.788 bits per heavy atom. The van der Waals surface area contributed by atoms with Crippen LogP contribution in [0.5, 0.6) is 11.5 Å². The second-order valence-electron chi connectivity index (χ2n) is 11.2. The minimum Gasteiger partial charge on any atom is -0.497 e. The van der Waals surface area contributed by atoms with Crippen molar-refractivity contribution in [3.63, 3.8) is 0 Å². The van der Waals surface area contributed by atoms with Crippen LogP contribution in [0.25, 0.3) is 11.4 Å². The molecule has 3 heterocycles. The summed E-state index contributed by atoms with van der Waals surface area (Å²) in [5.74, 6) is 0.140. The first-order valence-corrected chi connectivity index (χ1v) is 16.3. The molecule has 3 aromatic heterocycles. The van der Waals surface area contributed by atoms with E-state index < -0.39 is 17.6 Å². The lowest BCUT2D eigenvalue weighted by atomic mass is 10.2. The third kappa shape index (κ3) is 10.5. The molecular formula is C37H41N7O8. The fourth-order valence-corrected chi connectivity index (χ4v) is 4.77. The highest BCUT2D eigenvalue weighted by Gasteiger charge is 2.20. The van der Waals surface area contributed by atoms with Crippen molar-refractivity contribution in [1.29, 1.82) is 0 Å². The quantitative estimate of drug-likeness (QED) is 0.0988. The molecule has 0 bridgehead atoms. The van der Waals surface area contributed by atoms with Crippen LogP contribution in [-0.4, -0.2) is 93.7 Å². The molecule has 0 saturated heterocycles. The van der Waals surface area contributed by atoms with Gasteiger partial charge in [-0.25, -0.2) is 19.4 Å².